The van der Waals surface area contributed by atoms with Gasteiger partial charge in [0.25, 0.3) is 5.91 Å². The van der Waals surface area contributed by atoms with Gasteiger partial charge in [0, 0.05) is 10.6 Å². The first kappa shape index (κ1) is 22.8. The second kappa shape index (κ2) is 9.21. The van der Waals surface area contributed by atoms with Crippen LogP contribution in [0.5, 0.6) is 11.5 Å². The number of anilines is 2. The fourth-order valence-electron chi connectivity index (χ4n) is 3.41. The average molecular weight is 483 g/mol. The molecule has 3 N–H and O–H groups in total. The molecule has 33 heavy (non-hydrogen) atoms. The fourth-order valence-corrected chi connectivity index (χ4v) is 5.88. The number of hydrogen-bond donors (Lipinski definition) is 2. The van der Waals surface area contributed by atoms with E-state index in [1.165, 1.54) is 32.0 Å². The van der Waals surface area contributed by atoms with Crippen molar-refractivity contribution >= 4 is 45.0 Å². The zero-order chi connectivity index (χ0) is 23.6. The highest BCUT2D eigenvalue weighted by atomic mass is 32.2. The molecule has 1 aliphatic rings. The quantitative estimate of drug-likeness (QED) is 0.397. The Morgan fingerprint density at radius 1 is 1.00 bits per heavy atom. The molecule has 0 fully saturated rings. The van der Waals surface area contributed by atoms with Crippen molar-refractivity contribution in [1.82, 2.24) is 0 Å². The second-order valence-electron chi connectivity index (χ2n) is 7.29. The first-order chi connectivity index (χ1) is 15.8. The molecule has 7 nitrogen and oxygen atoms in total. The maximum absolute atomic E-state index is 13.3. The number of nitrogens with one attached hydrogen (secondary N) is 1. The van der Waals surface area contributed by atoms with Crippen LogP contribution in [0.15, 0.2) is 75.4 Å². The van der Waals surface area contributed by atoms with E-state index >= 15 is 0 Å². The molecule has 0 radical (unpaired) electrons. The van der Waals surface area contributed by atoms with Crippen molar-refractivity contribution in [3.63, 3.8) is 0 Å². The summed E-state index contributed by atoms with van der Waals surface area (Å²) in [4.78, 5) is 13.8. The number of sulfone groups is 1. The lowest BCUT2D eigenvalue weighted by molar-refractivity contribution is -0.112. The molecule has 0 bridgehead atoms. The van der Waals surface area contributed by atoms with E-state index in [0.717, 1.165) is 5.56 Å². The smallest absolute Gasteiger partial charge is 0.262 e. The highest BCUT2D eigenvalue weighted by molar-refractivity contribution is 8.04. The van der Waals surface area contributed by atoms with E-state index in [1.54, 1.807) is 48.5 Å². The number of nitrogen functional groups attached to an aromatic ring is 1. The van der Waals surface area contributed by atoms with Crippen LogP contribution in [0.3, 0.4) is 0 Å². The van der Waals surface area contributed by atoms with Gasteiger partial charge in [0.2, 0.25) is 0 Å². The predicted octanol–water partition coefficient (Wildman–Crippen LogP) is 4.35. The molecular weight excluding hydrogens is 460 g/mol. The van der Waals surface area contributed by atoms with E-state index in [2.05, 4.69) is 5.32 Å². The van der Waals surface area contributed by atoms with Gasteiger partial charge in [-0.25, -0.2) is 8.42 Å². The van der Waals surface area contributed by atoms with E-state index in [-0.39, 0.29) is 16.6 Å². The van der Waals surface area contributed by atoms with Crippen LogP contribution in [0.25, 0.3) is 6.08 Å². The molecule has 1 heterocycles. The molecule has 170 valence electrons. The van der Waals surface area contributed by atoms with Crippen LogP contribution >= 0.6 is 11.8 Å². The summed E-state index contributed by atoms with van der Waals surface area (Å²) in [6, 6.07) is 16.9. The molecule has 0 unspecified atom stereocenters. The Bertz CT molecular complexity index is 1330. The molecule has 0 saturated heterocycles. The molecule has 0 spiro atoms. The van der Waals surface area contributed by atoms with Crippen LogP contribution in [0, 0.1) is 0 Å². The number of hydrogen-bond acceptors (Lipinski definition) is 7. The van der Waals surface area contributed by atoms with Crippen molar-refractivity contribution in [3.05, 3.63) is 76.7 Å². The summed E-state index contributed by atoms with van der Waals surface area (Å²) in [5.74, 6) is 0.334. The molecule has 4 rings (SSSR count). The number of amides is 1. The lowest BCUT2D eigenvalue weighted by atomic mass is 10.2. The van der Waals surface area contributed by atoms with Crippen molar-refractivity contribution in [1.29, 1.82) is 0 Å². The number of carbonyl (C=O) groups is 1. The summed E-state index contributed by atoms with van der Waals surface area (Å²) in [7, 11) is -0.758. The van der Waals surface area contributed by atoms with Crippen LogP contribution < -0.4 is 20.5 Å². The van der Waals surface area contributed by atoms with Crippen molar-refractivity contribution in [2.24, 2.45) is 0 Å². The first-order valence-corrected chi connectivity index (χ1v) is 12.4. The Kier molecular flexibility index (Phi) is 6.35. The Morgan fingerprint density at radius 2 is 1.67 bits per heavy atom. The SMILES string of the molecule is COc1cccc(OC)c1CS(=O)(=O)c1ccc2c(c1)SC(=Cc1ccc(N)cc1)C(=O)N2. The minimum absolute atomic E-state index is 0.143. The summed E-state index contributed by atoms with van der Waals surface area (Å²) in [5.41, 5.74) is 8.18. The number of benzene rings is 3. The van der Waals surface area contributed by atoms with Crippen LogP contribution in [0.2, 0.25) is 0 Å². The van der Waals surface area contributed by atoms with Gasteiger partial charge in [0.15, 0.2) is 9.84 Å². The van der Waals surface area contributed by atoms with Crippen molar-refractivity contribution in [2.75, 3.05) is 25.3 Å². The molecule has 1 aliphatic heterocycles. The second-order valence-corrected chi connectivity index (χ2v) is 10.4. The van der Waals surface area contributed by atoms with E-state index in [4.69, 9.17) is 15.2 Å². The molecule has 3 aromatic rings. The van der Waals surface area contributed by atoms with Gasteiger partial charge in [0.1, 0.15) is 11.5 Å². The topological polar surface area (TPSA) is 108 Å². The summed E-state index contributed by atoms with van der Waals surface area (Å²) in [6.45, 7) is 0. The molecule has 0 atom stereocenters. The number of ether oxygens (including phenoxy) is 2. The number of rotatable bonds is 6. The summed E-state index contributed by atoms with van der Waals surface area (Å²) in [5, 5.41) is 2.82. The van der Waals surface area contributed by atoms with Crippen LogP contribution in [-0.2, 0) is 20.4 Å². The van der Waals surface area contributed by atoms with Gasteiger partial charge in [0.05, 0.1) is 41.0 Å². The van der Waals surface area contributed by atoms with Gasteiger partial charge >= 0.3 is 0 Å². The van der Waals surface area contributed by atoms with Crippen molar-refractivity contribution in [3.8, 4) is 11.5 Å². The third kappa shape index (κ3) is 4.84. The normalized spacial score (nSPS) is 14.5. The number of thioether (sulfide) groups is 1. The maximum Gasteiger partial charge on any atom is 0.262 e. The Hall–Kier alpha value is -3.43. The van der Waals surface area contributed by atoms with Gasteiger partial charge in [-0.15, -0.1) is 0 Å². The van der Waals surface area contributed by atoms with Crippen molar-refractivity contribution in [2.45, 2.75) is 15.5 Å². The molecule has 3 aromatic carbocycles. The molecular formula is C24H22N2O5S2. The maximum atomic E-state index is 13.3. The summed E-state index contributed by atoms with van der Waals surface area (Å²) < 4.78 is 37.2. The highest BCUT2D eigenvalue weighted by Gasteiger charge is 2.26. The van der Waals surface area contributed by atoms with Gasteiger partial charge < -0.3 is 20.5 Å². The standard InChI is InChI=1S/C24H22N2O5S2/c1-30-20-4-3-5-21(31-2)18(20)14-33(28,29)17-10-11-19-22(13-17)32-23(24(27)26-19)12-15-6-8-16(25)9-7-15/h3-13H,14,25H2,1-2H3,(H,26,27). The highest BCUT2D eigenvalue weighted by Crippen LogP contribution is 2.41. The largest absolute Gasteiger partial charge is 0.496 e. The molecule has 0 aliphatic carbocycles. The van der Waals surface area contributed by atoms with E-state index < -0.39 is 9.84 Å². The number of carbonyl (C=O) groups excluding carboxylic acids is 1. The first-order valence-electron chi connectivity index (χ1n) is 9.94. The summed E-state index contributed by atoms with van der Waals surface area (Å²) in [6.07, 6.45) is 1.74. The number of fused-ring (bicyclic) bond motifs is 1. The van der Waals surface area contributed by atoms with Gasteiger partial charge in [-0.3, -0.25) is 4.79 Å². The van der Waals surface area contributed by atoms with Gasteiger partial charge in [-0.2, -0.15) is 0 Å². The summed E-state index contributed by atoms with van der Waals surface area (Å²) >= 11 is 1.22. The monoisotopic (exact) mass is 482 g/mol. The third-order valence-corrected chi connectivity index (χ3v) is 7.82. The average Bonchev–Trinajstić information content (AvgIpc) is 2.80. The van der Waals surface area contributed by atoms with E-state index in [9.17, 15) is 13.2 Å². The van der Waals surface area contributed by atoms with Gasteiger partial charge in [-0.05, 0) is 54.1 Å². The van der Waals surface area contributed by atoms with E-state index in [0.29, 0.717) is 38.2 Å². The number of nitrogens with two attached hydrogens (primary N) is 1. The van der Waals surface area contributed by atoms with E-state index in [1.807, 2.05) is 12.1 Å². The Labute approximate surface area is 196 Å². The lowest BCUT2D eigenvalue weighted by Crippen LogP contribution is -2.17. The zero-order valence-corrected chi connectivity index (χ0v) is 19.6. The Balaban J connectivity index is 1.66. The minimum atomic E-state index is -3.73. The third-order valence-electron chi connectivity index (χ3n) is 5.10. The van der Waals surface area contributed by atoms with Crippen LogP contribution in [0.4, 0.5) is 11.4 Å². The van der Waals surface area contributed by atoms with Crippen LogP contribution in [-0.4, -0.2) is 28.5 Å². The molecule has 1 amide bonds. The molecule has 0 saturated carbocycles. The molecule has 0 aromatic heterocycles. The molecule has 9 heteroatoms. The number of methoxy groups -OCH3 is 2. The zero-order valence-electron chi connectivity index (χ0n) is 18.0. The predicted molar refractivity (Wildman–Crippen MR) is 130 cm³/mol. The Morgan fingerprint density at radius 3 is 2.30 bits per heavy atom. The van der Waals surface area contributed by atoms with Crippen molar-refractivity contribution < 1.29 is 22.7 Å². The fraction of sp³-hybridized carbons (Fsp3) is 0.125. The van der Waals surface area contributed by atoms with Crippen LogP contribution in [0.1, 0.15) is 11.1 Å². The minimum Gasteiger partial charge on any atom is -0.496 e. The van der Waals surface area contributed by atoms with Gasteiger partial charge in [-0.1, -0.05) is 30.0 Å². The lowest BCUT2D eigenvalue weighted by Gasteiger charge is -2.20.